The molecule has 3 aromatic heterocycles. The van der Waals surface area contributed by atoms with Gasteiger partial charge >= 0.3 is 24.3 Å². The van der Waals surface area contributed by atoms with Gasteiger partial charge in [0.2, 0.25) is 0 Å². The molecule has 0 radical (unpaired) electrons. The van der Waals surface area contributed by atoms with Crippen molar-refractivity contribution in [1.29, 1.82) is 0 Å². The number of aliphatic carboxylic acids is 2. The van der Waals surface area contributed by atoms with Crippen molar-refractivity contribution in [2.75, 3.05) is 5.32 Å². The van der Waals surface area contributed by atoms with Crippen LogP contribution in [0.2, 0.25) is 5.02 Å². The van der Waals surface area contributed by atoms with Crippen LogP contribution in [0.4, 0.5) is 37.8 Å². The van der Waals surface area contributed by atoms with Crippen LogP contribution in [0, 0.1) is 0 Å². The number of alkyl halides is 6. The number of fused-ring (bicyclic) bond motifs is 2. The van der Waals surface area contributed by atoms with Crippen LogP contribution in [0.25, 0.3) is 33.4 Å². The molecule has 0 spiro atoms. The Labute approximate surface area is 223 Å². The van der Waals surface area contributed by atoms with E-state index >= 15 is 0 Å². The number of H-pyrrole nitrogens is 1. The standard InChI is InChI=1S/C19H12ClN5O.2C2HF3O2/c20-12-3-5-14-16(9-12)23-19(17-2-1-7-26-17)24-18(14)22-13-4-6-15-11(8-13)10-21-25-15;2*3-2(4,5)1(6)7/h1-10H,(H,21,25)(H,22,23,24);2*(H,6,7). The average Bonchev–Trinajstić information content (AvgIpc) is 3.55. The van der Waals surface area contributed by atoms with Gasteiger partial charge in [-0.1, -0.05) is 11.6 Å². The van der Waals surface area contributed by atoms with E-state index in [4.69, 9.17) is 35.8 Å². The molecule has 0 fully saturated rings. The molecule has 40 heavy (non-hydrogen) atoms. The van der Waals surface area contributed by atoms with Gasteiger partial charge in [-0.3, -0.25) is 5.10 Å². The number of furan rings is 1. The van der Waals surface area contributed by atoms with Crippen molar-refractivity contribution in [2.24, 2.45) is 0 Å². The lowest BCUT2D eigenvalue weighted by Crippen LogP contribution is -2.21. The first-order valence-corrected chi connectivity index (χ1v) is 10.8. The number of anilines is 2. The molecule has 0 amide bonds. The van der Waals surface area contributed by atoms with Gasteiger partial charge in [0.15, 0.2) is 11.6 Å². The lowest BCUT2D eigenvalue weighted by atomic mass is 10.2. The number of benzene rings is 2. The summed E-state index contributed by atoms with van der Waals surface area (Å²) >= 11 is 6.15. The quantitative estimate of drug-likeness (QED) is 0.174. The summed E-state index contributed by atoms with van der Waals surface area (Å²) in [6.07, 6.45) is -6.78. The van der Waals surface area contributed by atoms with Crippen molar-refractivity contribution >= 4 is 56.9 Å². The molecule has 0 aliphatic rings. The van der Waals surface area contributed by atoms with Gasteiger partial charge in [-0.05, 0) is 48.5 Å². The maximum atomic E-state index is 10.6. The SMILES string of the molecule is Clc1ccc2c(Nc3ccc4[nH]ncc4c3)nc(-c3ccco3)nc2c1.O=C(O)C(F)(F)F.O=C(O)C(F)(F)F. The van der Waals surface area contributed by atoms with Gasteiger partial charge in [0, 0.05) is 21.5 Å². The number of rotatable bonds is 3. The molecule has 10 nitrogen and oxygen atoms in total. The number of aromatic nitrogens is 4. The zero-order valence-electron chi connectivity index (χ0n) is 19.4. The molecule has 0 aliphatic heterocycles. The van der Waals surface area contributed by atoms with E-state index in [0.29, 0.717) is 22.4 Å². The second-order valence-corrected chi connectivity index (χ2v) is 7.87. The highest BCUT2D eigenvalue weighted by molar-refractivity contribution is 6.31. The van der Waals surface area contributed by atoms with Crippen LogP contribution in [0.15, 0.2) is 65.4 Å². The molecule has 4 N–H and O–H groups in total. The van der Waals surface area contributed by atoms with Gasteiger partial charge < -0.3 is 19.9 Å². The Morgan fingerprint density at radius 3 is 2.15 bits per heavy atom. The normalized spacial score (nSPS) is 11.3. The largest absolute Gasteiger partial charge is 0.490 e. The summed E-state index contributed by atoms with van der Waals surface area (Å²) in [4.78, 5) is 27.0. The molecule has 3 heterocycles. The third-order valence-electron chi connectivity index (χ3n) is 4.59. The van der Waals surface area contributed by atoms with Crippen molar-refractivity contribution in [3.05, 3.63) is 66.0 Å². The number of nitrogens with zero attached hydrogens (tertiary/aromatic N) is 3. The first kappa shape index (κ1) is 29.7. The molecule has 0 bridgehead atoms. The lowest BCUT2D eigenvalue weighted by Gasteiger charge is -2.10. The van der Waals surface area contributed by atoms with E-state index in [9.17, 15) is 26.3 Å². The van der Waals surface area contributed by atoms with Crippen molar-refractivity contribution in [3.8, 4) is 11.6 Å². The number of carboxylic acid groups (broad SMARTS) is 2. The van der Waals surface area contributed by atoms with E-state index < -0.39 is 24.3 Å². The summed E-state index contributed by atoms with van der Waals surface area (Å²) in [5, 5.41) is 27.1. The Balaban J connectivity index is 0.000000263. The third-order valence-corrected chi connectivity index (χ3v) is 4.82. The van der Waals surface area contributed by atoms with Crippen LogP contribution in [0.1, 0.15) is 0 Å². The zero-order chi connectivity index (χ0) is 29.7. The van der Waals surface area contributed by atoms with Crippen LogP contribution < -0.4 is 5.32 Å². The molecule has 0 atom stereocenters. The minimum absolute atomic E-state index is 0.497. The predicted molar refractivity (Wildman–Crippen MR) is 129 cm³/mol. The Morgan fingerprint density at radius 1 is 0.925 bits per heavy atom. The van der Waals surface area contributed by atoms with E-state index in [1.165, 1.54) is 0 Å². The van der Waals surface area contributed by atoms with Crippen molar-refractivity contribution in [1.82, 2.24) is 20.2 Å². The number of carboxylic acids is 2. The Hall–Kier alpha value is -4.86. The minimum Gasteiger partial charge on any atom is -0.475 e. The van der Waals surface area contributed by atoms with E-state index in [1.807, 2.05) is 42.5 Å². The highest BCUT2D eigenvalue weighted by Crippen LogP contribution is 2.30. The maximum absolute atomic E-state index is 10.6. The number of hydrogen-bond acceptors (Lipinski definition) is 7. The van der Waals surface area contributed by atoms with Crippen LogP contribution in [0.3, 0.4) is 0 Å². The van der Waals surface area contributed by atoms with E-state index in [2.05, 4.69) is 25.5 Å². The summed E-state index contributed by atoms with van der Waals surface area (Å²) in [5.41, 5.74) is 2.62. The molecule has 17 heteroatoms. The van der Waals surface area contributed by atoms with Gasteiger partial charge in [0.25, 0.3) is 0 Å². The number of nitrogens with one attached hydrogen (secondary N) is 2. The van der Waals surface area contributed by atoms with Crippen molar-refractivity contribution in [2.45, 2.75) is 12.4 Å². The molecule has 5 rings (SSSR count). The molecule has 0 saturated carbocycles. The molecular formula is C23H14ClF6N5O5. The van der Waals surface area contributed by atoms with Gasteiger partial charge in [-0.25, -0.2) is 19.6 Å². The number of halogens is 7. The third kappa shape index (κ3) is 7.83. The maximum Gasteiger partial charge on any atom is 0.490 e. The molecule has 0 saturated heterocycles. The Kier molecular flexibility index (Phi) is 8.83. The second kappa shape index (κ2) is 11.9. The van der Waals surface area contributed by atoms with Gasteiger partial charge in [-0.2, -0.15) is 31.4 Å². The summed E-state index contributed by atoms with van der Waals surface area (Å²) in [6, 6.07) is 15.1. The van der Waals surface area contributed by atoms with Crippen LogP contribution in [-0.4, -0.2) is 54.7 Å². The molecule has 2 aromatic carbocycles. The van der Waals surface area contributed by atoms with Gasteiger partial charge in [0.05, 0.1) is 23.5 Å². The van der Waals surface area contributed by atoms with Gasteiger partial charge in [0.1, 0.15) is 5.82 Å². The Morgan fingerprint density at radius 2 is 1.57 bits per heavy atom. The molecule has 0 aliphatic carbocycles. The topological polar surface area (TPSA) is 154 Å². The minimum atomic E-state index is -5.08. The highest BCUT2D eigenvalue weighted by Gasteiger charge is 2.38. The smallest absolute Gasteiger partial charge is 0.475 e. The number of hydrogen-bond donors (Lipinski definition) is 4. The van der Waals surface area contributed by atoms with Crippen molar-refractivity contribution < 1.29 is 50.6 Å². The molecule has 5 aromatic rings. The lowest BCUT2D eigenvalue weighted by molar-refractivity contribution is -0.193. The van der Waals surface area contributed by atoms with E-state index in [1.54, 1.807) is 18.5 Å². The fourth-order valence-corrected chi connectivity index (χ4v) is 3.04. The average molecular weight is 590 g/mol. The molecular weight excluding hydrogens is 576 g/mol. The van der Waals surface area contributed by atoms with E-state index in [0.717, 1.165) is 27.5 Å². The van der Waals surface area contributed by atoms with Crippen molar-refractivity contribution in [3.63, 3.8) is 0 Å². The first-order chi connectivity index (χ1) is 18.6. The number of carbonyl (C=O) groups is 2. The molecule has 0 unspecified atom stereocenters. The summed E-state index contributed by atoms with van der Waals surface area (Å²) in [7, 11) is 0. The summed E-state index contributed by atoms with van der Waals surface area (Å²) in [5.74, 6) is -3.74. The predicted octanol–water partition coefficient (Wildman–Crippen LogP) is 6.43. The van der Waals surface area contributed by atoms with Gasteiger partial charge in [-0.15, -0.1) is 0 Å². The number of aromatic amines is 1. The Bertz CT molecular complexity index is 1610. The zero-order valence-corrected chi connectivity index (χ0v) is 20.1. The first-order valence-electron chi connectivity index (χ1n) is 10.5. The van der Waals surface area contributed by atoms with Crippen LogP contribution in [-0.2, 0) is 9.59 Å². The summed E-state index contributed by atoms with van der Waals surface area (Å²) in [6.45, 7) is 0. The van der Waals surface area contributed by atoms with Crippen LogP contribution >= 0.6 is 11.6 Å². The second-order valence-electron chi connectivity index (χ2n) is 7.44. The monoisotopic (exact) mass is 589 g/mol. The van der Waals surface area contributed by atoms with Crippen LogP contribution in [0.5, 0.6) is 0 Å². The fraction of sp³-hybridized carbons (Fsp3) is 0.0870. The fourth-order valence-electron chi connectivity index (χ4n) is 2.87. The van der Waals surface area contributed by atoms with E-state index in [-0.39, 0.29) is 0 Å². The summed E-state index contributed by atoms with van der Waals surface area (Å²) < 4.78 is 68.9. The highest BCUT2D eigenvalue weighted by atomic mass is 35.5. The molecule has 210 valence electrons.